The topological polar surface area (TPSA) is 67.2 Å². The fraction of sp³-hybridized carbons (Fsp3) is 0.217. The lowest BCUT2D eigenvalue weighted by atomic mass is 10.1. The average Bonchev–Trinajstić information content (AvgIpc) is 3.23. The first kappa shape index (κ1) is 19.7. The van der Waals surface area contributed by atoms with Gasteiger partial charge in [0.05, 0.1) is 12.1 Å². The molecule has 0 bridgehead atoms. The van der Waals surface area contributed by atoms with E-state index in [9.17, 15) is 4.79 Å². The summed E-state index contributed by atoms with van der Waals surface area (Å²) in [6.45, 7) is 3.54. The summed E-state index contributed by atoms with van der Waals surface area (Å²) >= 11 is 3.41. The smallest absolute Gasteiger partial charge is 0.253 e. The Morgan fingerprint density at radius 3 is 2.45 bits per heavy atom. The summed E-state index contributed by atoms with van der Waals surface area (Å²) in [5.74, 6) is 1.02. The van der Waals surface area contributed by atoms with Crippen LogP contribution in [0.3, 0.4) is 0 Å². The number of rotatable bonds is 4. The van der Waals surface area contributed by atoms with E-state index in [4.69, 9.17) is 0 Å². The van der Waals surface area contributed by atoms with E-state index in [1.807, 2.05) is 70.2 Å². The van der Waals surface area contributed by atoms with Crippen LogP contribution in [0.1, 0.15) is 15.9 Å². The fourth-order valence-corrected chi connectivity index (χ4v) is 4.07. The highest BCUT2D eigenvalue weighted by Gasteiger charge is 2.22. The zero-order chi connectivity index (χ0) is 21.2. The van der Waals surface area contributed by atoms with Crippen LogP contribution in [-0.2, 0) is 6.54 Å². The molecule has 0 aliphatic carbocycles. The maximum Gasteiger partial charge on any atom is 0.253 e. The van der Waals surface area contributed by atoms with Gasteiger partial charge in [-0.3, -0.25) is 4.79 Å². The number of benzene rings is 2. The quantitative estimate of drug-likeness (QED) is 0.450. The molecule has 0 N–H and O–H groups in total. The Balaban J connectivity index is 1.22. The van der Waals surface area contributed by atoms with Gasteiger partial charge < -0.3 is 9.80 Å². The van der Waals surface area contributed by atoms with E-state index >= 15 is 0 Å². The largest absolute Gasteiger partial charge is 0.353 e. The molecule has 1 amide bonds. The molecule has 5 rings (SSSR count). The van der Waals surface area contributed by atoms with E-state index in [1.54, 1.807) is 6.20 Å². The number of amides is 1. The predicted octanol–water partition coefficient (Wildman–Crippen LogP) is 3.60. The molecule has 2 aromatic heterocycles. The third kappa shape index (κ3) is 4.16. The van der Waals surface area contributed by atoms with Crippen molar-refractivity contribution in [2.45, 2.75) is 6.54 Å². The number of nitrogens with zero attached hydrogens (tertiary/aromatic N) is 6. The molecule has 1 fully saturated rings. The lowest BCUT2D eigenvalue weighted by molar-refractivity contribution is 0.0746. The van der Waals surface area contributed by atoms with Gasteiger partial charge in [-0.05, 0) is 57.9 Å². The molecule has 31 heavy (non-hydrogen) atoms. The summed E-state index contributed by atoms with van der Waals surface area (Å²) in [5, 5.41) is 8.43. The summed E-state index contributed by atoms with van der Waals surface area (Å²) in [4.78, 5) is 21.5. The van der Waals surface area contributed by atoms with Gasteiger partial charge in [-0.25, -0.2) is 9.67 Å². The number of fused-ring (bicyclic) bond motifs is 1. The molecule has 0 saturated carbocycles. The first-order chi connectivity index (χ1) is 15.2. The number of pyridine rings is 1. The number of piperazine rings is 1. The molecular formula is C23H21BrN6O. The van der Waals surface area contributed by atoms with Gasteiger partial charge in [-0.2, -0.15) is 0 Å². The summed E-state index contributed by atoms with van der Waals surface area (Å²) in [7, 11) is 0. The van der Waals surface area contributed by atoms with Crippen molar-refractivity contribution in [2.75, 3.05) is 31.1 Å². The minimum absolute atomic E-state index is 0.0705. The second-order valence-electron chi connectivity index (χ2n) is 7.55. The van der Waals surface area contributed by atoms with Crippen LogP contribution in [0.25, 0.3) is 11.0 Å². The second-order valence-corrected chi connectivity index (χ2v) is 8.46. The lowest BCUT2D eigenvalue weighted by Gasteiger charge is -2.35. The summed E-state index contributed by atoms with van der Waals surface area (Å²) < 4.78 is 2.84. The van der Waals surface area contributed by atoms with Gasteiger partial charge in [0.1, 0.15) is 11.3 Å². The Hall–Kier alpha value is -3.26. The monoisotopic (exact) mass is 476 g/mol. The van der Waals surface area contributed by atoms with Crippen molar-refractivity contribution in [3.8, 4) is 0 Å². The second kappa shape index (κ2) is 8.47. The maximum absolute atomic E-state index is 12.9. The van der Waals surface area contributed by atoms with Gasteiger partial charge in [0.2, 0.25) is 0 Å². The molecule has 0 unspecified atom stereocenters. The number of aromatic nitrogens is 4. The van der Waals surface area contributed by atoms with E-state index in [2.05, 4.69) is 36.1 Å². The Kier molecular flexibility index (Phi) is 5.38. The Bertz CT molecular complexity index is 1200. The van der Waals surface area contributed by atoms with E-state index < -0.39 is 0 Å². The van der Waals surface area contributed by atoms with Crippen LogP contribution in [-0.4, -0.2) is 57.0 Å². The standard InChI is InChI=1S/C23H21BrN6O/c24-19-9-10-22(25-15-19)28-11-13-29(14-12-28)23(31)18-7-5-17(6-8-18)16-30-21-4-2-1-3-20(21)26-27-30/h1-10,15H,11-14,16H2. The summed E-state index contributed by atoms with van der Waals surface area (Å²) in [6.07, 6.45) is 1.80. The van der Waals surface area contributed by atoms with Crippen LogP contribution in [0.15, 0.2) is 71.3 Å². The summed E-state index contributed by atoms with van der Waals surface area (Å²) in [6, 6.07) is 19.7. The number of carbonyl (C=O) groups excluding carboxylic acids is 1. The number of anilines is 1. The third-order valence-corrected chi connectivity index (χ3v) is 6.03. The molecule has 4 aromatic rings. The molecule has 8 heteroatoms. The summed E-state index contributed by atoms with van der Waals surface area (Å²) in [5.41, 5.74) is 3.67. The van der Waals surface area contributed by atoms with Crippen molar-refractivity contribution >= 4 is 38.7 Å². The molecule has 1 aliphatic heterocycles. The minimum atomic E-state index is 0.0705. The van der Waals surface area contributed by atoms with Crippen molar-refractivity contribution in [1.82, 2.24) is 24.9 Å². The van der Waals surface area contributed by atoms with Gasteiger partial charge in [0, 0.05) is 42.4 Å². The maximum atomic E-state index is 12.9. The van der Waals surface area contributed by atoms with Crippen LogP contribution in [0.2, 0.25) is 0 Å². The first-order valence-electron chi connectivity index (χ1n) is 10.2. The Morgan fingerprint density at radius 1 is 0.935 bits per heavy atom. The predicted molar refractivity (Wildman–Crippen MR) is 123 cm³/mol. The van der Waals surface area contributed by atoms with Gasteiger partial charge >= 0.3 is 0 Å². The minimum Gasteiger partial charge on any atom is -0.353 e. The van der Waals surface area contributed by atoms with E-state index in [-0.39, 0.29) is 5.91 Å². The van der Waals surface area contributed by atoms with Crippen molar-refractivity contribution in [1.29, 1.82) is 0 Å². The molecule has 3 heterocycles. The molecule has 1 saturated heterocycles. The van der Waals surface area contributed by atoms with E-state index in [1.165, 1.54) is 0 Å². The normalized spacial score (nSPS) is 14.2. The van der Waals surface area contributed by atoms with Crippen LogP contribution < -0.4 is 4.90 Å². The first-order valence-corrected chi connectivity index (χ1v) is 11.0. The molecule has 156 valence electrons. The van der Waals surface area contributed by atoms with E-state index in [0.717, 1.165) is 40.0 Å². The SMILES string of the molecule is O=C(c1ccc(Cn2nnc3ccccc32)cc1)N1CCN(c2ccc(Br)cn2)CC1. The molecule has 7 nitrogen and oxygen atoms in total. The number of carbonyl (C=O) groups is 1. The van der Waals surface area contributed by atoms with Gasteiger partial charge in [-0.1, -0.05) is 29.5 Å². The molecule has 0 radical (unpaired) electrons. The van der Waals surface area contributed by atoms with Crippen molar-refractivity contribution in [2.24, 2.45) is 0 Å². The molecule has 1 aliphatic rings. The van der Waals surface area contributed by atoms with Gasteiger partial charge in [0.25, 0.3) is 5.91 Å². The highest BCUT2D eigenvalue weighted by molar-refractivity contribution is 9.10. The molecule has 2 aromatic carbocycles. The Morgan fingerprint density at radius 2 is 1.71 bits per heavy atom. The number of hydrogen-bond acceptors (Lipinski definition) is 5. The van der Waals surface area contributed by atoms with Gasteiger partial charge in [0.15, 0.2) is 0 Å². The molecule has 0 atom stereocenters. The average molecular weight is 477 g/mol. The highest BCUT2D eigenvalue weighted by Crippen LogP contribution is 2.18. The number of hydrogen-bond donors (Lipinski definition) is 0. The zero-order valence-corrected chi connectivity index (χ0v) is 18.4. The fourth-order valence-electron chi connectivity index (χ4n) is 3.84. The van der Waals surface area contributed by atoms with Crippen LogP contribution in [0.5, 0.6) is 0 Å². The van der Waals surface area contributed by atoms with Crippen LogP contribution in [0.4, 0.5) is 5.82 Å². The van der Waals surface area contributed by atoms with Crippen molar-refractivity contribution < 1.29 is 4.79 Å². The van der Waals surface area contributed by atoms with Crippen LogP contribution >= 0.6 is 15.9 Å². The number of para-hydroxylation sites is 1. The van der Waals surface area contributed by atoms with Crippen molar-refractivity contribution in [3.63, 3.8) is 0 Å². The van der Waals surface area contributed by atoms with Crippen LogP contribution in [0, 0.1) is 0 Å². The zero-order valence-electron chi connectivity index (χ0n) is 16.9. The molecule has 0 spiro atoms. The van der Waals surface area contributed by atoms with E-state index in [0.29, 0.717) is 25.2 Å². The highest BCUT2D eigenvalue weighted by atomic mass is 79.9. The van der Waals surface area contributed by atoms with Gasteiger partial charge in [-0.15, -0.1) is 5.10 Å². The molecular weight excluding hydrogens is 456 g/mol. The third-order valence-electron chi connectivity index (χ3n) is 5.56. The Labute approximate surface area is 188 Å². The number of halogens is 1. The van der Waals surface area contributed by atoms with Crippen molar-refractivity contribution in [3.05, 3.63) is 82.5 Å². The lowest BCUT2D eigenvalue weighted by Crippen LogP contribution is -2.49.